The predicted molar refractivity (Wildman–Crippen MR) is 211 cm³/mol. The summed E-state index contributed by atoms with van der Waals surface area (Å²) in [6, 6.07) is 17.3. The minimum Gasteiger partial charge on any atom is -0.294 e. The van der Waals surface area contributed by atoms with Gasteiger partial charge in [0, 0.05) is 102 Å². The van der Waals surface area contributed by atoms with Crippen molar-refractivity contribution in [1.82, 2.24) is 4.90 Å². The highest BCUT2D eigenvalue weighted by atomic mass is 16.1. The van der Waals surface area contributed by atoms with Crippen molar-refractivity contribution in [1.29, 1.82) is 0 Å². The number of rotatable bonds is 4. The zero-order valence-electron chi connectivity index (χ0n) is 28.4. The number of carbonyl (C=O) groups excluding carboxylic acids is 1. The minimum absolute atomic E-state index is 0.174. The summed E-state index contributed by atoms with van der Waals surface area (Å²) < 4.78 is 0. The first-order chi connectivity index (χ1) is 26.2. The second kappa shape index (κ2) is 24.4. The molecule has 2 aliphatic rings. The molecular formula is C51H23NO. The van der Waals surface area contributed by atoms with Gasteiger partial charge in [-0.05, 0) is 124 Å². The second-order valence-corrected chi connectivity index (χ2v) is 10.0. The summed E-state index contributed by atoms with van der Waals surface area (Å²) in [5.41, 5.74) is 4.96. The van der Waals surface area contributed by atoms with E-state index in [1.54, 1.807) is 0 Å². The number of Topliss-reactive ketones (excluding diaryl/α,β-unsaturated/α-hetero) is 1. The van der Waals surface area contributed by atoms with E-state index in [2.05, 4.69) is 208 Å². The van der Waals surface area contributed by atoms with E-state index in [-0.39, 0.29) is 11.8 Å². The molecule has 0 bridgehead atoms. The van der Waals surface area contributed by atoms with Crippen molar-refractivity contribution in [3.63, 3.8) is 0 Å². The highest BCUT2D eigenvalue weighted by Crippen LogP contribution is 2.44. The van der Waals surface area contributed by atoms with E-state index >= 15 is 0 Å². The fourth-order valence-corrected chi connectivity index (χ4v) is 5.06. The lowest BCUT2D eigenvalue weighted by Gasteiger charge is -2.34. The molecule has 0 spiro atoms. The number of ketones is 1. The number of carbonyl (C=O) groups is 1. The predicted octanol–water partition coefficient (Wildman–Crippen LogP) is 4.79. The summed E-state index contributed by atoms with van der Waals surface area (Å²) in [5, 5.41) is 0. The molecule has 238 valence electrons. The molecule has 2 unspecified atom stereocenters. The number of hydrogen-bond donors (Lipinski definition) is 0. The molecule has 2 heteroatoms. The number of nitrogens with zero attached hydrogens (tertiary/aromatic N) is 1. The molecule has 0 aromatic heterocycles. The average molecular weight is 666 g/mol. The van der Waals surface area contributed by atoms with Crippen LogP contribution in [0.15, 0.2) is 61.2 Å². The Morgan fingerprint density at radius 3 is 1.34 bits per heavy atom. The third kappa shape index (κ3) is 14.1. The Kier molecular flexibility index (Phi) is 17.8. The van der Waals surface area contributed by atoms with Gasteiger partial charge in [0.2, 0.25) is 0 Å². The molecule has 53 heavy (non-hydrogen) atoms. The van der Waals surface area contributed by atoms with Crippen molar-refractivity contribution in [2.75, 3.05) is 6.54 Å². The van der Waals surface area contributed by atoms with Crippen LogP contribution in [0, 0.1) is 179 Å². The molecular weight excluding hydrogens is 643 g/mol. The largest absolute Gasteiger partial charge is 0.294 e. The standard InChI is InChI=1S/C30H2.C21H21NO/c1-3-5-7-9-11-13-15-17-19-21-23-25-27-29-30-28-26-24-22-20-18-16-14-12-10-8-6-4-2;1-2-13-22(19-12-11-15-7-3-4-8-16(15)19)20-14-21(23)18-10-6-5-9-17(18)20/h1-2H;2-10,19-20H,1,11-14H2. The summed E-state index contributed by atoms with van der Waals surface area (Å²) in [4.78, 5) is 14.9. The molecule has 0 fully saturated rings. The van der Waals surface area contributed by atoms with E-state index in [0.717, 1.165) is 24.9 Å². The lowest BCUT2D eigenvalue weighted by atomic mass is 10.0. The zero-order chi connectivity index (χ0) is 37.6. The minimum atomic E-state index is 0.174. The van der Waals surface area contributed by atoms with Crippen LogP contribution >= 0.6 is 0 Å². The van der Waals surface area contributed by atoms with Crippen LogP contribution in [0.3, 0.4) is 0 Å². The SMILES string of the molecule is C#CC#CC#CC#CC#CC#CC#CC#CC#CC#CC#CC#CC#CC#CC#C.C=CCN(C1CCc2ccccc21)C1CC(=O)c2ccccc21. The Balaban J connectivity index is 0.000000293. The molecule has 0 N–H and O–H groups in total. The molecule has 2 atom stereocenters. The van der Waals surface area contributed by atoms with Crippen LogP contribution in [0.25, 0.3) is 0 Å². The molecule has 2 aromatic carbocycles. The summed E-state index contributed by atoms with van der Waals surface area (Å²) in [5.74, 6) is 68.4. The summed E-state index contributed by atoms with van der Waals surface area (Å²) in [7, 11) is 0. The van der Waals surface area contributed by atoms with Crippen LogP contribution in [0.1, 0.15) is 52.0 Å². The van der Waals surface area contributed by atoms with Gasteiger partial charge in [0.15, 0.2) is 5.78 Å². The van der Waals surface area contributed by atoms with Gasteiger partial charge in [-0.2, -0.15) is 0 Å². The van der Waals surface area contributed by atoms with Crippen molar-refractivity contribution < 1.29 is 4.79 Å². The molecule has 2 aliphatic carbocycles. The lowest BCUT2D eigenvalue weighted by Crippen LogP contribution is -2.31. The quantitative estimate of drug-likeness (QED) is 0.346. The van der Waals surface area contributed by atoms with Crippen molar-refractivity contribution in [2.45, 2.75) is 31.3 Å². The maximum Gasteiger partial charge on any atom is 0.165 e. The lowest BCUT2D eigenvalue weighted by molar-refractivity contribution is 0.0925. The Hall–Kier alpha value is -8.79. The Bertz CT molecular complexity index is 2600. The van der Waals surface area contributed by atoms with Gasteiger partial charge >= 0.3 is 0 Å². The Labute approximate surface area is 314 Å². The first kappa shape index (κ1) is 38.7. The average Bonchev–Trinajstić information content (AvgIpc) is 3.76. The number of hydrogen-bond acceptors (Lipinski definition) is 2. The molecule has 4 rings (SSSR count). The van der Waals surface area contributed by atoms with Crippen LogP contribution in [0.4, 0.5) is 0 Å². The molecule has 0 heterocycles. The van der Waals surface area contributed by atoms with E-state index in [4.69, 9.17) is 12.8 Å². The van der Waals surface area contributed by atoms with Crippen LogP contribution in [0.2, 0.25) is 0 Å². The van der Waals surface area contributed by atoms with E-state index in [9.17, 15) is 4.79 Å². The van der Waals surface area contributed by atoms with Crippen LogP contribution in [-0.4, -0.2) is 17.2 Å². The Morgan fingerprint density at radius 2 is 0.925 bits per heavy atom. The van der Waals surface area contributed by atoms with E-state index < -0.39 is 0 Å². The third-order valence-electron chi connectivity index (χ3n) is 6.95. The van der Waals surface area contributed by atoms with Gasteiger partial charge in [0.1, 0.15) is 0 Å². The van der Waals surface area contributed by atoms with Crippen molar-refractivity contribution in [2.24, 2.45) is 0 Å². The van der Waals surface area contributed by atoms with Crippen molar-refractivity contribution in [3.05, 3.63) is 83.4 Å². The smallest absolute Gasteiger partial charge is 0.165 e. The van der Waals surface area contributed by atoms with Crippen LogP contribution < -0.4 is 0 Å². The number of aryl methyl sites for hydroxylation is 1. The molecule has 0 saturated carbocycles. The van der Waals surface area contributed by atoms with Gasteiger partial charge in [0.25, 0.3) is 0 Å². The number of fused-ring (bicyclic) bond motifs is 2. The number of terminal acetylenes is 2. The van der Waals surface area contributed by atoms with Crippen LogP contribution in [0.5, 0.6) is 0 Å². The summed E-state index contributed by atoms with van der Waals surface area (Å²) in [6.07, 6.45) is 14.6. The molecule has 2 aromatic rings. The summed E-state index contributed by atoms with van der Waals surface area (Å²) in [6.45, 7) is 4.76. The maximum atomic E-state index is 12.4. The van der Waals surface area contributed by atoms with Gasteiger partial charge in [-0.25, -0.2) is 0 Å². The highest BCUT2D eigenvalue weighted by Gasteiger charge is 2.38. The van der Waals surface area contributed by atoms with Gasteiger partial charge in [-0.15, -0.1) is 19.4 Å². The van der Waals surface area contributed by atoms with E-state index in [0.29, 0.717) is 12.5 Å². The molecule has 2 nitrogen and oxygen atoms in total. The first-order valence-electron chi connectivity index (χ1n) is 15.7. The van der Waals surface area contributed by atoms with E-state index in [1.165, 1.54) is 16.7 Å². The zero-order valence-corrected chi connectivity index (χ0v) is 28.4. The monoisotopic (exact) mass is 665 g/mol. The maximum absolute atomic E-state index is 12.4. The van der Waals surface area contributed by atoms with Crippen LogP contribution in [-0.2, 0) is 6.42 Å². The van der Waals surface area contributed by atoms with Gasteiger partial charge in [-0.3, -0.25) is 9.69 Å². The highest BCUT2D eigenvalue weighted by molar-refractivity contribution is 6.01. The summed E-state index contributed by atoms with van der Waals surface area (Å²) >= 11 is 0. The Morgan fingerprint density at radius 1 is 0.547 bits per heavy atom. The molecule has 0 amide bonds. The molecule has 0 saturated heterocycles. The fraction of sp³-hybridized carbons (Fsp3) is 0.118. The number of benzene rings is 2. The van der Waals surface area contributed by atoms with Gasteiger partial charge in [0.05, 0.1) is 0 Å². The molecule has 0 aliphatic heterocycles. The van der Waals surface area contributed by atoms with E-state index in [1.807, 2.05) is 24.3 Å². The van der Waals surface area contributed by atoms with Crippen molar-refractivity contribution >= 4 is 5.78 Å². The topological polar surface area (TPSA) is 20.3 Å². The molecule has 0 radical (unpaired) electrons. The third-order valence-corrected chi connectivity index (χ3v) is 6.95. The first-order valence-corrected chi connectivity index (χ1v) is 15.7. The van der Waals surface area contributed by atoms with Gasteiger partial charge < -0.3 is 0 Å². The van der Waals surface area contributed by atoms with Gasteiger partial charge in [-0.1, -0.05) is 54.6 Å². The normalized spacial score (nSPS) is 11.8. The fourth-order valence-electron chi connectivity index (χ4n) is 5.06. The second-order valence-electron chi connectivity index (χ2n) is 10.0. The van der Waals surface area contributed by atoms with Crippen molar-refractivity contribution in [3.8, 4) is 179 Å².